The lowest BCUT2D eigenvalue weighted by Gasteiger charge is -2.46. The Balaban J connectivity index is 1.80. The molecule has 136 valence electrons. The summed E-state index contributed by atoms with van der Waals surface area (Å²) in [5.74, 6) is 0.134. The number of hydrogen-bond donors (Lipinski definition) is 0. The highest BCUT2D eigenvalue weighted by Gasteiger charge is 2.48. The van der Waals surface area contributed by atoms with Crippen molar-refractivity contribution in [3.63, 3.8) is 0 Å². The quantitative estimate of drug-likeness (QED) is 0.696. The Morgan fingerprint density at radius 3 is 2.20 bits per heavy atom. The number of likely N-dealkylation sites (tertiary alicyclic amines) is 1. The van der Waals surface area contributed by atoms with Crippen LogP contribution in [0.3, 0.4) is 0 Å². The fourth-order valence-electron chi connectivity index (χ4n) is 5.25. The molecule has 0 aromatic heterocycles. The molecule has 1 unspecified atom stereocenters. The maximum absolute atomic E-state index is 13.1. The maximum Gasteiger partial charge on any atom is 0.148 e. The van der Waals surface area contributed by atoms with E-state index in [2.05, 4.69) is 38.3 Å². The molecule has 3 aliphatic rings. The highest BCUT2D eigenvalue weighted by atomic mass is 16.2. The molecule has 25 heavy (non-hydrogen) atoms. The lowest BCUT2D eigenvalue weighted by Crippen LogP contribution is -2.48. The van der Waals surface area contributed by atoms with E-state index in [1.807, 2.05) is 6.92 Å². The summed E-state index contributed by atoms with van der Waals surface area (Å²) < 4.78 is 0. The van der Waals surface area contributed by atoms with Crippen LogP contribution in [0.1, 0.15) is 59.8 Å². The molecule has 1 aliphatic heterocycles. The number of piperidine rings is 1. The monoisotopic (exact) mass is 341 g/mol. The van der Waals surface area contributed by atoms with Crippen LogP contribution in [0.2, 0.25) is 0 Å². The second-order valence-corrected chi connectivity index (χ2v) is 8.68. The number of allylic oxidation sites excluding steroid dienone is 5. The first-order chi connectivity index (χ1) is 11.7. The van der Waals surface area contributed by atoms with Crippen LogP contribution < -0.4 is 0 Å². The summed E-state index contributed by atoms with van der Waals surface area (Å²) in [6.07, 6.45) is 6.11. The number of Topliss-reactive ketones (excluding diaryl/α,β-unsaturated/α-hetero) is 2. The van der Waals surface area contributed by atoms with E-state index in [0.29, 0.717) is 18.8 Å². The first-order valence-electron chi connectivity index (χ1n) is 9.56. The number of carbonyl (C=O) groups excluding carboxylic acids is 2. The molecule has 1 saturated carbocycles. The van der Waals surface area contributed by atoms with E-state index in [4.69, 9.17) is 0 Å². The summed E-state index contributed by atoms with van der Waals surface area (Å²) in [5, 5.41) is 0. The van der Waals surface area contributed by atoms with Crippen LogP contribution in [-0.2, 0) is 9.59 Å². The van der Waals surface area contributed by atoms with E-state index in [1.54, 1.807) is 0 Å². The minimum atomic E-state index is -0.482. The molecule has 0 amide bonds. The number of hydrogen-bond acceptors (Lipinski definition) is 3. The van der Waals surface area contributed by atoms with E-state index in [0.717, 1.165) is 49.2 Å². The summed E-state index contributed by atoms with van der Waals surface area (Å²) in [7, 11) is 0. The van der Waals surface area contributed by atoms with E-state index in [1.165, 1.54) is 5.57 Å². The van der Waals surface area contributed by atoms with Crippen molar-refractivity contribution in [1.82, 2.24) is 4.90 Å². The number of rotatable bonds is 2. The fraction of sp³-hybridized carbons (Fsp3) is 0.636. The van der Waals surface area contributed by atoms with Gasteiger partial charge in [-0.1, -0.05) is 30.7 Å². The molecule has 0 N–H and O–H groups in total. The van der Waals surface area contributed by atoms with Gasteiger partial charge in [0.15, 0.2) is 0 Å². The largest absolute Gasteiger partial charge is 0.375 e. The highest BCUT2D eigenvalue weighted by Crippen LogP contribution is 2.47. The van der Waals surface area contributed by atoms with Crippen molar-refractivity contribution < 1.29 is 9.59 Å². The predicted octanol–water partition coefficient (Wildman–Crippen LogP) is 4.45. The van der Waals surface area contributed by atoms with E-state index in [9.17, 15) is 9.59 Å². The van der Waals surface area contributed by atoms with Crippen LogP contribution in [0, 0.1) is 17.3 Å². The van der Waals surface area contributed by atoms with Gasteiger partial charge in [-0.05, 0) is 56.9 Å². The van der Waals surface area contributed by atoms with Gasteiger partial charge >= 0.3 is 0 Å². The lowest BCUT2D eigenvalue weighted by molar-refractivity contribution is -0.140. The number of ketones is 2. The lowest BCUT2D eigenvalue weighted by atomic mass is 9.61. The minimum absolute atomic E-state index is 0.102. The fourth-order valence-corrected chi connectivity index (χ4v) is 5.25. The molecule has 0 aromatic carbocycles. The Bertz CT molecular complexity index is 654. The van der Waals surface area contributed by atoms with Crippen molar-refractivity contribution in [3.05, 3.63) is 35.1 Å². The van der Waals surface area contributed by atoms with Gasteiger partial charge in [0.05, 0.1) is 5.92 Å². The van der Waals surface area contributed by atoms with Crippen molar-refractivity contribution in [2.75, 3.05) is 13.1 Å². The minimum Gasteiger partial charge on any atom is -0.375 e. The predicted molar refractivity (Wildman–Crippen MR) is 101 cm³/mol. The molecule has 1 spiro atoms. The maximum atomic E-state index is 13.1. The number of nitrogens with zero attached hydrogens (tertiary/aromatic N) is 1. The second kappa shape index (κ2) is 6.59. The first-order valence-corrected chi connectivity index (χ1v) is 9.56. The molecular formula is C22H31NO2. The summed E-state index contributed by atoms with van der Waals surface area (Å²) in [4.78, 5) is 28.4. The van der Waals surface area contributed by atoms with Gasteiger partial charge in [0.25, 0.3) is 0 Å². The molecule has 3 heteroatoms. The molecule has 1 heterocycles. The number of carbonyl (C=O) groups is 2. The second-order valence-electron chi connectivity index (χ2n) is 8.68. The first kappa shape index (κ1) is 18.2. The molecule has 2 aliphatic carbocycles. The summed E-state index contributed by atoms with van der Waals surface area (Å²) in [5.41, 5.74) is 4.55. The molecule has 0 radical (unpaired) electrons. The molecule has 3 rings (SSSR count). The third-order valence-corrected chi connectivity index (χ3v) is 6.49. The zero-order valence-electron chi connectivity index (χ0n) is 16.2. The summed E-state index contributed by atoms with van der Waals surface area (Å²) in [6, 6.07) is 0. The average molecular weight is 341 g/mol. The Morgan fingerprint density at radius 1 is 1.16 bits per heavy atom. The molecule has 3 nitrogen and oxygen atoms in total. The van der Waals surface area contributed by atoms with Gasteiger partial charge in [0.1, 0.15) is 11.6 Å². The van der Waals surface area contributed by atoms with Gasteiger partial charge in [0.2, 0.25) is 0 Å². The summed E-state index contributed by atoms with van der Waals surface area (Å²) in [6.45, 7) is 14.2. The topological polar surface area (TPSA) is 37.4 Å². The normalized spacial score (nSPS) is 27.8. The molecule has 0 aromatic rings. The van der Waals surface area contributed by atoms with E-state index < -0.39 is 5.92 Å². The van der Waals surface area contributed by atoms with Crippen LogP contribution in [0.25, 0.3) is 0 Å². The third-order valence-electron chi connectivity index (χ3n) is 6.49. The molecule has 2 fully saturated rings. The van der Waals surface area contributed by atoms with E-state index >= 15 is 0 Å². The van der Waals surface area contributed by atoms with Crippen molar-refractivity contribution in [3.8, 4) is 0 Å². The van der Waals surface area contributed by atoms with Gasteiger partial charge in [-0.2, -0.15) is 0 Å². The van der Waals surface area contributed by atoms with Gasteiger partial charge in [-0.25, -0.2) is 0 Å². The van der Waals surface area contributed by atoms with Crippen molar-refractivity contribution in [2.45, 2.75) is 59.8 Å². The molecule has 1 atom stereocenters. The molecule has 1 saturated heterocycles. The van der Waals surface area contributed by atoms with Crippen LogP contribution in [-0.4, -0.2) is 29.6 Å². The van der Waals surface area contributed by atoms with Crippen molar-refractivity contribution >= 4 is 11.6 Å². The molecular weight excluding hydrogens is 310 g/mol. The Hall–Kier alpha value is -1.64. The SMILES string of the molecule is C=C(C)N1CCC2(CC1)CC(=O)C(C1=C(C)C=C(C)CC1C)C(=O)C2. The average Bonchev–Trinajstić information content (AvgIpc) is 2.49. The Labute approximate surface area is 151 Å². The van der Waals surface area contributed by atoms with Gasteiger partial charge in [-0.15, -0.1) is 0 Å². The Kier molecular flexibility index (Phi) is 4.78. The van der Waals surface area contributed by atoms with Crippen LogP contribution in [0.15, 0.2) is 35.1 Å². The third kappa shape index (κ3) is 3.38. The van der Waals surface area contributed by atoms with Crippen molar-refractivity contribution in [2.24, 2.45) is 17.3 Å². The summed E-state index contributed by atoms with van der Waals surface area (Å²) >= 11 is 0. The van der Waals surface area contributed by atoms with Crippen LogP contribution in [0.5, 0.6) is 0 Å². The molecule has 0 bridgehead atoms. The van der Waals surface area contributed by atoms with Gasteiger partial charge in [-0.3, -0.25) is 9.59 Å². The van der Waals surface area contributed by atoms with Crippen LogP contribution >= 0.6 is 0 Å². The zero-order chi connectivity index (χ0) is 18.4. The van der Waals surface area contributed by atoms with Gasteiger partial charge in [0, 0.05) is 31.6 Å². The zero-order valence-corrected chi connectivity index (χ0v) is 16.2. The standard InChI is InChI=1S/C22H31NO2/c1-14(2)23-8-6-22(7-9-23)12-18(24)21(19(25)13-22)20-16(4)10-15(3)11-17(20)5/h10,17,21H,1,6-9,11-13H2,2-5H3. The Morgan fingerprint density at radius 2 is 1.72 bits per heavy atom. The van der Waals surface area contributed by atoms with Crippen LogP contribution in [0.4, 0.5) is 0 Å². The van der Waals surface area contributed by atoms with Crippen molar-refractivity contribution in [1.29, 1.82) is 0 Å². The van der Waals surface area contributed by atoms with E-state index in [-0.39, 0.29) is 17.0 Å². The smallest absolute Gasteiger partial charge is 0.148 e. The van der Waals surface area contributed by atoms with Gasteiger partial charge < -0.3 is 4.90 Å². The highest BCUT2D eigenvalue weighted by molar-refractivity contribution is 6.08.